The van der Waals surface area contributed by atoms with E-state index in [4.69, 9.17) is 0 Å². The van der Waals surface area contributed by atoms with Gasteiger partial charge in [-0.15, -0.1) is 0 Å². The van der Waals surface area contributed by atoms with E-state index in [0.717, 1.165) is 0 Å². The van der Waals surface area contributed by atoms with Crippen LogP contribution < -0.4 is 0 Å². The lowest BCUT2D eigenvalue weighted by atomic mass is 10.1. The third-order valence-corrected chi connectivity index (χ3v) is 4.06. The molecule has 3 aliphatic rings. The van der Waals surface area contributed by atoms with Gasteiger partial charge in [-0.05, 0) is 13.3 Å². The fraction of sp³-hybridized carbons (Fsp3) is 0.444. The Morgan fingerprint density at radius 3 is 3.09 bits per heavy atom. The number of nitrogens with zero attached hydrogens (tertiary/aromatic N) is 1. The highest BCUT2D eigenvalue weighted by molar-refractivity contribution is 8.15. The molecule has 2 heteroatoms. The Morgan fingerprint density at radius 2 is 2.27 bits per heavy atom. The van der Waals surface area contributed by atoms with Crippen LogP contribution >= 0.6 is 11.8 Å². The Bertz CT molecular complexity index is 316. The fourth-order valence-electron chi connectivity index (χ4n) is 2.08. The van der Waals surface area contributed by atoms with Crippen molar-refractivity contribution in [3.8, 4) is 0 Å². The van der Waals surface area contributed by atoms with Gasteiger partial charge in [0, 0.05) is 0 Å². The molecule has 0 bridgehead atoms. The van der Waals surface area contributed by atoms with Crippen molar-refractivity contribution in [3.63, 3.8) is 0 Å². The SMILES string of the molecule is CC1=NC23C=CC=CC2(C3)S1. The van der Waals surface area contributed by atoms with Gasteiger partial charge in [0.1, 0.15) is 5.54 Å². The Kier molecular flexibility index (Phi) is 0.819. The molecular formula is C9H9NS. The third-order valence-electron chi connectivity index (χ3n) is 2.68. The molecule has 0 spiro atoms. The zero-order valence-corrected chi connectivity index (χ0v) is 7.19. The lowest BCUT2D eigenvalue weighted by Crippen LogP contribution is -2.13. The number of rotatable bonds is 0. The first-order valence-electron chi connectivity index (χ1n) is 3.89. The van der Waals surface area contributed by atoms with Crippen molar-refractivity contribution in [2.24, 2.45) is 4.99 Å². The summed E-state index contributed by atoms with van der Waals surface area (Å²) >= 11 is 1.93. The van der Waals surface area contributed by atoms with E-state index in [0.29, 0.717) is 4.75 Å². The number of hydrogen-bond acceptors (Lipinski definition) is 2. The smallest absolute Gasteiger partial charge is 0.100 e. The molecule has 0 radical (unpaired) electrons. The van der Waals surface area contributed by atoms with Crippen molar-refractivity contribution >= 4 is 16.8 Å². The number of aliphatic imine (C=N–C) groups is 1. The van der Waals surface area contributed by atoms with E-state index >= 15 is 0 Å². The lowest BCUT2D eigenvalue weighted by molar-refractivity contribution is 0.831. The molecule has 1 heterocycles. The zero-order chi connectivity index (χ0) is 7.53. The van der Waals surface area contributed by atoms with Gasteiger partial charge in [0.15, 0.2) is 0 Å². The van der Waals surface area contributed by atoms with Crippen LogP contribution in [0.3, 0.4) is 0 Å². The monoisotopic (exact) mass is 163 g/mol. The molecule has 1 saturated carbocycles. The maximum Gasteiger partial charge on any atom is 0.100 e. The van der Waals surface area contributed by atoms with Crippen LogP contribution in [-0.4, -0.2) is 15.3 Å². The van der Waals surface area contributed by atoms with Crippen molar-refractivity contribution in [1.29, 1.82) is 0 Å². The molecule has 11 heavy (non-hydrogen) atoms. The molecule has 0 saturated heterocycles. The van der Waals surface area contributed by atoms with Gasteiger partial charge in [-0.1, -0.05) is 36.1 Å². The third kappa shape index (κ3) is 0.539. The quantitative estimate of drug-likeness (QED) is 0.533. The molecular weight excluding hydrogens is 154 g/mol. The molecule has 0 N–H and O–H groups in total. The number of hydrogen-bond donors (Lipinski definition) is 0. The van der Waals surface area contributed by atoms with Crippen LogP contribution in [0.4, 0.5) is 0 Å². The van der Waals surface area contributed by atoms with Crippen LogP contribution in [0.2, 0.25) is 0 Å². The minimum absolute atomic E-state index is 0.191. The standard InChI is InChI=1S/C9H9NS/c1-7-10-8-4-2-3-5-9(8,6-8)11-7/h2-5H,6H2,1H3. The van der Waals surface area contributed by atoms with Gasteiger partial charge in [0.2, 0.25) is 0 Å². The highest BCUT2D eigenvalue weighted by Gasteiger charge is 2.69. The molecule has 0 aromatic carbocycles. The summed E-state index contributed by atoms with van der Waals surface area (Å²) in [5.74, 6) is 0. The van der Waals surface area contributed by atoms with Gasteiger partial charge in [-0.2, -0.15) is 0 Å². The van der Waals surface area contributed by atoms with Gasteiger partial charge >= 0.3 is 0 Å². The second-order valence-electron chi connectivity index (χ2n) is 3.44. The summed E-state index contributed by atoms with van der Waals surface area (Å²) in [5, 5.41) is 1.24. The molecule has 0 aromatic heterocycles. The first-order chi connectivity index (χ1) is 5.27. The summed E-state index contributed by atoms with van der Waals surface area (Å²) in [7, 11) is 0. The lowest BCUT2D eigenvalue weighted by Gasteiger charge is -2.09. The molecule has 0 aromatic rings. The fourth-order valence-corrected chi connectivity index (χ4v) is 3.55. The van der Waals surface area contributed by atoms with E-state index in [2.05, 4.69) is 36.2 Å². The molecule has 2 unspecified atom stereocenters. The van der Waals surface area contributed by atoms with Gasteiger partial charge in [0.05, 0.1) is 9.79 Å². The average Bonchev–Trinajstić information content (AvgIpc) is 2.47. The highest BCUT2D eigenvalue weighted by atomic mass is 32.2. The molecule has 3 rings (SSSR count). The Balaban J connectivity index is 2.15. The highest BCUT2D eigenvalue weighted by Crippen LogP contribution is 2.67. The second kappa shape index (κ2) is 1.48. The molecule has 0 amide bonds. The number of thioether (sulfide) groups is 1. The topological polar surface area (TPSA) is 12.4 Å². The summed E-state index contributed by atoms with van der Waals surface area (Å²) in [5.41, 5.74) is 0.191. The zero-order valence-electron chi connectivity index (χ0n) is 6.37. The summed E-state index contributed by atoms with van der Waals surface area (Å²) in [4.78, 5) is 4.65. The van der Waals surface area contributed by atoms with Crippen molar-refractivity contribution < 1.29 is 0 Å². The van der Waals surface area contributed by atoms with E-state index in [-0.39, 0.29) is 5.54 Å². The molecule has 2 aliphatic carbocycles. The van der Waals surface area contributed by atoms with Gasteiger partial charge in [-0.25, -0.2) is 0 Å². The minimum atomic E-state index is 0.191. The Morgan fingerprint density at radius 1 is 1.45 bits per heavy atom. The Hall–Kier alpha value is -0.500. The van der Waals surface area contributed by atoms with Crippen molar-refractivity contribution in [1.82, 2.24) is 0 Å². The minimum Gasteiger partial charge on any atom is -0.271 e. The van der Waals surface area contributed by atoms with Crippen molar-refractivity contribution in [3.05, 3.63) is 24.3 Å². The predicted octanol–water partition coefficient (Wildman–Crippen LogP) is 2.16. The maximum atomic E-state index is 4.65. The maximum absolute atomic E-state index is 4.65. The Labute approximate surface area is 70.3 Å². The van der Waals surface area contributed by atoms with E-state index < -0.39 is 0 Å². The first kappa shape index (κ1) is 6.06. The van der Waals surface area contributed by atoms with E-state index in [9.17, 15) is 0 Å². The summed E-state index contributed by atoms with van der Waals surface area (Å²) in [6, 6.07) is 0. The first-order valence-corrected chi connectivity index (χ1v) is 4.71. The molecule has 1 nitrogen and oxygen atoms in total. The largest absolute Gasteiger partial charge is 0.271 e. The van der Waals surface area contributed by atoms with E-state index in [1.807, 2.05) is 11.8 Å². The average molecular weight is 163 g/mol. The molecule has 2 atom stereocenters. The van der Waals surface area contributed by atoms with Crippen LogP contribution in [-0.2, 0) is 0 Å². The number of allylic oxidation sites excluding steroid dienone is 2. The normalized spacial score (nSPS) is 50.1. The van der Waals surface area contributed by atoms with Gasteiger partial charge in [0.25, 0.3) is 0 Å². The van der Waals surface area contributed by atoms with Crippen LogP contribution in [0.1, 0.15) is 13.3 Å². The van der Waals surface area contributed by atoms with Crippen LogP contribution in [0.25, 0.3) is 0 Å². The van der Waals surface area contributed by atoms with Gasteiger partial charge in [-0.3, -0.25) is 4.99 Å². The van der Waals surface area contributed by atoms with Crippen molar-refractivity contribution in [2.75, 3.05) is 0 Å². The van der Waals surface area contributed by atoms with E-state index in [1.54, 1.807) is 0 Å². The molecule has 1 aliphatic heterocycles. The van der Waals surface area contributed by atoms with Crippen molar-refractivity contribution in [2.45, 2.75) is 23.6 Å². The van der Waals surface area contributed by atoms with Gasteiger partial charge < -0.3 is 0 Å². The van der Waals surface area contributed by atoms with Crippen LogP contribution in [0.5, 0.6) is 0 Å². The molecule has 56 valence electrons. The summed E-state index contributed by atoms with van der Waals surface area (Å²) < 4.78 is 0.353. The van der Waals surface area contributed by atoms with Crippen LogP contribution in [0, 0.1) is 0 Å². The van der Waals surface area contributed by atoms with E-state index in [1.165, 1.54) is 11.5 Å². The van der Waals surface area contributed by atoms with Crippen LogP contribution in [0.15, 0.2) is 29.3 Å². The molecule has 1 fully saturated rings. The summed E-state index contributed by atoms with van der Waals surface area (Å²) in [6.45, 7) is 2.10. The second-order valence-corrected chi connectivity index (χ2v) is 4.97. The summed E-state index contributed by atoms with van der Waals surface area (Å²) in [6.07, 6.45) is 10.0. The predicted molar refractivity (Wildman–Crippen MR) is 49.1 cm³/mol.